The van der Waals surface area contributed by atoms with Crippen molar-refractivity contribution in [3.63, 3.8) is 0 Å². The molecule has 0 saturated carbocycles. The van der Waals surface area contributed by atoms with Gasteiger partial charge in [0.15, 0.2) is 0 Å². The average Bonchev–Trinajstić information content (AvgIpc) is 2.81. The first-order chi connectivity index (χ1) is 11.5. The van der Waals surface area contributed by atoms with Gasteiger partial charge in [0.2, 0.25) is 0 Å². The van der Waals surface area contributed by atoms with E-state index in [1.165, 1.54) is 4.90 Å². The first-order valence-corrected chi connectivity index (χ1v) is 8.47. The molecule has 6 nitrogen and oxygen atoms in total. The van der Waals surface area contributed by atoms with E-state index in [0.29, 0.717) is 12.3 Å². The zero-order chi connectivity index (χ0) is 17.3. The van der Waals surface area contributed by atoms with E-state index in [-0.39, 0.29) is 31.1 Å². The number of imide groups is 1. The third-order valence-electron chi connectivity index (χ3n) is 4.70. The van der Waals surface area contributed by atoms with Crippen LogP contribution in [0.15, 0.2) is 18.2 Å². The van der Waals surface area contributed by atoms with Gasteiger partial charge >= 0.3 is 6.03 Å². The Labute approximate surface area is 142 Å². The van der Waals surface area contributed by atoms with Gasteiger partial charge in [0, 0.05) is 6.54 Å². The lowest BCUT2D eigenvalue weighted by Gasteiger charge is -2.26. The smallest absolute Gasteiger partial charge is 0.327 e. The number of hydrogen-bond acceptors (Lipinski definition) is 4. The Balaban J connectivity index is 1.58. The van der Waals surface area contributed by atoms with Gasteiger partial charge in [-0.15, -0.1) is 0 Å². The first kappa shape index (κ1) is 16.8. The highest BCUT2D eigenvalue weighted by atomic mass is 16.5. The molecule has 130 valence electrons. The average molecular weight is 332 g/mol. The molecule has 2 atom stereocenters. The number of β-amino-alcohol motifs (C(OH)–C–C–N with tert-alkyl or cyclic N) is 1. The SMILES string of the molecule is Cc1ccc(C)c(OCC(O)CN2C(=O)C3CCCCN3C2=O)c1. The number of amides is 3. The number of fused-ring (bicyclic) bond motifs is 1. The number of aryl methyl sites for hydroxylation is 2. The maximum Gasteiger partial charge on any atom is 0.327 e. The Kier molecular flexibility index (Phi) is 4.76. The molecule has 2 fully saturated rings. The summed E-state index contributed by atoms with van der Waals surface area (Å²) >= 11 is 0. The van der Waals surface area contributed by atoms with Crippen LogP contribution < -0.4 is 4.74 Å². The number of aliphatic hydroxyl groups excluding tert-OH is 1. The standard InChI is InChI=1S/C18H24N2O4/c1-12-6-7-13(2)16(9-12)24-11-14(21)10-20-17(22)15-5-3-4-8-19(15)18(20)23/h6-7,9,14-15,21H,3-5,8,10-11H2,1-2H3. The molecule has 24 heavy (non-hydrogen) atoms. The predicted octanol–water partition coefficient (Wildman–Crippen LogP) is 1.86. The Morgan fingerprint density at radius 1 is 1.29 bits per heavy atom. The fourth-order valence-electron chi connectivity index (χ4n) is 3.33. The normalized spacial score (nSPS) is 21.9. The number of ether oxygens (including phenoxy) is 1. The van der Waals surface area contributed by atoms with Gasteiger partial charge in [0.05, 0.1) is 6.54 Å². The zero-order valence-electron chi connectivity index (χ0n) is 14.2. The van der Waals surface area contributed by atoms with Crippen LogP contribution in [0.2, 0.25) is 0 Å². The minimum absolute atomic E-state index is 0.0183. The van der Waals surface area contributed by atoms with Crippen LogP contribution >= 0.6 is 0 Å². The third-order valence-corrected chi connectivity index (χ3v) is 4.70. The van der Waals surface area contributed by atoms with E-state index in [1.54, 1.807) is 4.90 Å². The van der Waals surface area contributed by atoms with E-state index in [2.05, 4.69) is 0 Å². The Morgan fingerprint density at radius 3 is 2.83 bits per heavy atom. The number of benzene rings is 1. The van der Waals surface area contributed by atoms with E-state index < -0.39 is 6.10 Å². The monoisotopic (exact) mass is 332 g/mol. The topological polar surface area (TPSA) is 70.1 Å². The molecule has 1 aromatic carbocycles. The Morgan fingerprint density at radius 2 is 2.08 bits per heavy atom. The minimum Gasteiger partial charge on any atom is -0.491 e. The second-order valence-corrected chi connectivity index (χ2v) is 6.67. The molecule has 2 heterocycles. The number of rotatable bonds is 5. The number of carbonyl (C=O) groups excluding carboxylic acids is 2. The summed E-state index contributed by atoms with van der Waals surface area (Å²) in [7, 11) is 0. The number of hydrogen-bond donors (Lipinski definition) is 1. The lowest BCUT2D eigenvalue weighted by atomic mass is 10.0. The zero-order valence-corrected chi connectivity index (χ0v) is 14.2. The number of urea groups is 1. The van der Waals surface area contributed by atoms with Crippen molar-refractivity contribution in [2.24, 2.45) is 0 Å². The highest BCUT2D eigenvalue weighted by Crippen LogP contribution is 2.26. The second kappa shape index (κ2) is 6.81. The number of nitrogens with zero attached hydrogens (tertiary/aromatic N) is 2. The summed E-state index contributed by atoms with van der Waals surface area (Å²) in [6, 6.07) is 5.25. The van der Waals surface area contributed by atoms with Crippen LogP contribution in [0.3, 0.4) is 0 Å². The fourth-order valence-corrected chi connectivity index (χ4v) is 3.33. The highest BCUT2D eigenvalue weighted by molar-refractivity contribution is 6.04. The molecule has 2 aliphatic heterocycles. The molecule has 0 radical (unpaired) electrons. The number of aliphatic hydroxyl groups is 1. The summed E-state index contributed by atoms with van der Waals surface area (Å²) < 4.78 is 5.67. The molecular weight excluding hydrogens is 308 g/mol. The van der Waals surface area contributed by atoms with Crippen molar-refractivity contribution in [2.75, 3.05) is 19.7 Å². The van der Waals surface area contributed by atoms with Gasteiger partial charge in [0.25, 0.3) is 5.91 Å². The van der Waals surface area contributed by atoms with Crippen LogP contribution in [0.5, 0.6) is 5.75 Å². The van der Waals surface area contributed by atoms with Crippen molar-refractivity contribution < 1.29 is 19.4 Å². The van der Waals surface area contributed by atoms with Gasteiger partial charge in [-0.05, 0) is 50.3 Å². The summed E-state index contributed by atoms with van der Waals surface area (Å²) in [4.78, 5) is 27.5. The Hall–Kier alpha value is -2.08. The van der Waals surface area contributed by atoms with Gasteiger partial charge < -0.3 is 14.7 Å². The van der Waals surface area contributed by atoms with Crippen molar-refractivity contribution in [3.05, 3.63) is 29.3 Å². The number of piperidine rings is 1. The summed E-state index contributed by atoms with van der Waals surface area (Å²) in [6.45, 7) is 4.56. The molecule has 0 aromatic heterocycles. The van der Waals surface area contributed by atoms with Crippen molar-refractivity contribution >= 4 is 11.9 Å². The molecule has 1 aromatic rings. The molecule has 3 amide bonds. The maximum atomic E-state index is 12.4. The highest BCUT2D eigenvalue weighted by Gasteiger charge is 2.46. The van der Waals surface area contributed by atoms with Crippen LogP contribution in [0, 0.1) is 13.8 Å². The molecule has 2 unspecified atom stereocenters. The quantitative estimate of drug-likeness (QED) is 0.836. The van der Waals surface area contributed by atoms with E-state index in [0.717, 1.165) is 30.4 Å². The third kappa shape index (κ3) is 3.24. The summed E-state index contributed by atoms with van der Waals surface area (Å²) in [5, 5.41) is 10.2. The number of carbonyl (C=O) groups is 2. The van der Waals surface area contributed by atoms with Gasteiger partial charge in [-0.3, -0.25) is 9.69 Å². The van der Waals surface area contributed by atoms with Crippen LogP contribution in [0.1, 0.15) is 30.4 Å². The molecule has 6 heteroatoms. The summed E-state index contributed by atoms with van der Waals surface area (Å²) in [5.41, 5.74) is 2.06. The molecule has 0 spiro atoms. The fraction of sp³-hybridized carbons (Fsp3) is 0.556. The van der Waals surface area contributed by atoms with Crippen molar-refractivity contribution in [2.45, 2.75) is 45.3 Å². The maximum absolute atomic E-state index is 12.4. The van der Waals surface area contributed by atoms with E-state index >= 15 is 0 Å². The largest absolute Gasteiger partial charge is 0.491 e. The van der Waals surface area contributed by atoms with E-state index in [4.69, 9.17) is 4.74 Å². The molecular formula is C18H24N2O4. The molecule has 0 bridgehead atoms. The molecule has 2 aliphatic rings. The van der Waals surface area contributed by atoms with Crippen LogP contribution in [0.25, 0.3) is 0 Å². The Bertz CT molecular complexity index is 622. The lowest BCUT2D eigenvalue weighted by Crippen LogP contribution is -2.40. The van der Waals surface area contributed by atoms with Gasteiger partial charge in [-0.25, -0.2) is 4.79 Å². The van der Waals surface area contributed by atoms with Gasteiger partial charge in [-0.1, -0.05) is 12.1 Å². The van der Waals surface area contributed by atoms with Crippen molar-refractivity contribution in [3.8, 4) is 5.75 Å². The van der Waals surface area contributed by atoms with Crippen LogP contribution in [-0.2, 0) is 4.79 Å². The minimum atomic E-state index is -0.904. The van der Waals surface area contributed by atoms with Gasteiger partial charge in [-0.2, -0.15) is 0 Å². The predicted molar refractivity (Wildman–Crippen MR) is 88.9 cm³/mol. The van der Waals surface area contributed by atoms with Crippen molar-refractivity contribution in [1.82, 2.24) is 9.80 Å². The molecule has 0 aliphatic carbocycles. The van der Waals surface area contributed by atoms with Gasteiger partial charge in [0.1, 0.15) is 24.5 Å². The molecule has 2 saturated heterocycles. The van der Waals surface area contributed by atoms with Crippen LogP contribution in [-0.4, -0.2) is 58.7 Å². The molecule has 3 rings (SSSR count). The second-order valence-electron chi connectivity index (χ2n) is 6.67. The van der Waals surface area contributed by atoms with E-state index in [1.807, 2.05) is 32.0 Å². The summed E-state index contributed by atoms with van der Waals surface area (Å²) in [6.07, 6.45) is 1.71. The lowest BCUT2D eigenvalue weighted by molar-refractivity contribution is -0.129. The van der Waals surface area contributed by atoms with Crippen LogP contribution in [0.4, 0.5) is 4.79 Å². The van der Waals surface area contributed by atoms with E-state index in [9.17, 15) is 14.7 Å². The molecule has 1 N–H and O–H groups in total. The summed E-state index contributed by atoms with van der Waals surface area (Å²) in [5.74, 6) is 0.524. The first-order valence-electron chi connectivity index (χ1n) is 8.47. The van der Waals surface area contributed by atoms with Crippen molar-refractivity contribution in [1.29, 1.82) is 0 Å².